The maximum atomic E-state index is 12.0. The van der Waals surface area contributed by atoms with Crippen LogP contribution >= 0.6 is 0 Å². The number of nitrogens with one attached hydrogen (secondary N) is 2. The zero-order chi connectivity index (χ0) is 14.8. The molecule has 0 bridgehead atoms. The topological polar surface area (TPSA) is 101 Å². The third-order valence-electron chi connectivity index (χ3n) is 3.57. The van der Waals surface area contributed by atoms with Crippen LogP contribution in [0, 0.1) is 11.8 Å². The first-order valence-corrected chi connectivity index (χ1v) is 8.03. The zero-order valence-corrected chi connectivity index (χ0v) is 12.1. The van der Waals surface area contributed by atoms with Gasteiger partial charge in [-0.15, -0.1) is 0 Å². The summed E-state index contributed by atoms with van der Waals surface area (Å²) < 4.78 is 22.2. The molecule has 0 aliphatic carbocycles. The van der Waals surface area contributed by atoms with Gasteiger partial charge < -0.3 is 10.6 Å². The molecule has 0 radical (unpaired) electrons. The van der Waals surface area contributed by atoms with Crippen LogP contribution in [0.5, 0.6) is 0 Å². The van der Waals surface area contributed by atoms with Crippen molar-refractivity contribution in [1.82, 2.24) is 10.6 Å². The number of amides is 1. The fourth-order valence-electron chi connectivity index (χ4n) is 2.28. The van der Waals surface area contributed by atoms with E-state index in [1.807, 2.05) is 6.92 Å². The van der Waals surface area contributed by atoms with Gasteiger partial charge in [-0.1, -0.05) is 19.1 Å². The summed E-state index contributed by atoms with van der Waals surface area (Å²) >= 11 is 0. The maximum Gasteiger partial charge on any atom is 0.238 e. The lowest BCUT2D eigenvalue weighted by molar-refractivity contribution is -0.125. The first kappa shape index (κ1) is 15.0. The van der Waals surface area contributed by atoms with Gasteiger partial charge in [-0.05, 0) is 30.2 Å². The zero-order valence-electron chi connectivity index (χ0n) is 11.3. The Labute approximate surface area is 118 Å². The van der Waals surface area contributed by atoms with Crippen molar-refractivity contribution in [2.24, 2.45) is 17.0 Å². The van der Waals surface area contributed by atoms with Crippen molar-refractivity contribution >= 4 is 15.9 Å². The number of hydrogen-bond acceptors (Lipinski definition) is 4. The monoisotopic (exact) mass is 297 g/mol. The van der Waals surface area contributed by atoms with Gasteiger partial charge in [0.2, 0.25) is 15.9 Å². The molecule has 6 nitrogen and oxygen atoms in total. The third kappa shape index (κ3) is 3.56. The van der Waals surface area contributed by atoms with Gasteiger partial charge in [-0.3, -0.25) is 4.79 Å². The van der Waals surface area contributed by atoms with Crippen molar-refractivity contribution in [3.05, 3.63) is 29.8 Å². The number of primary sulfonamides is 1. The number of carbonyl (C=O) groups is 1. The summed E-state index contributed by atoms with van der Waals surface area (Å²) in [5, 5.41) is 11.1. The van der Waals surface area contributed by atoms with Gasteiger partial charge in [-0.25, -0.2) is 13.6 Å². The molecule has 2 atom stereocenters. The lowest BCUT2D eigenvalue weighted by Crippen LogP contribution is -2.33. The predicted octanol–water partition coefficient (Wildman–Crippen LogP) is -0.194. The molecule has 20 heavy (non-hydrogen) atoms. The highest BCUT2D eigenvalue weighted by atomic mass is 32.2. The molecule has 1 aromatic rings. The van der Waals surface area contributed by atoms with Crippen molar-refractivity contribution in [3.8, 4) is 0 Å². The number of carbonyl (C=O) groups excluding carboxylic acids is 1. The molecule has 1 saturated heterocycles. The van der Waals surface area contributed by atoms with E-state index in [2.05, 4.69) is 10.6 Å². The second kappa shape index (κ2) is 5.90. The van der Waals surface area contributed by atoms with Crippen molar-refractivity contribution < 1.29 is 13.2 Å². The molecule has 2 rings (SSSR count). The minimum absolute atomic E-state index is 0.00121. The smallest absolute Gasteiger partial charge is 0.238 e. The molecule has 1 amide bonds. The Morgan fingerprint density at radius 1 is 1.35 bits per heavy atom. The summed E-state index contributed by atoms with van der Waals surface area (Å²) in [5.74, 6) is 0.358. The van der Waals surface area contributed by atoms with E-state index < -0.39 is 10.0 Å². The van der Waals surface area contributed by atoms with Gasteiger partial charge in [0.05, 0.1) is 10.8 Å². The normalized spacial score (nSPS) is 22.7. The molecule has 1 aromatic carbocycles. The Morgan fingerprint density at radius 3 is 2.50 bits per heavy atom. The van der Waals surface area contributed by atoms with E-state index in [1.54, 1.807) is 12.1 Å². The first-order chi connectivity index (χ1) is 9.38. The second-order valence-electron chi connectivity index (χ2n) is 5.15. The van der Waals surface area contributed by atoms with Crippen molar-refractivity contribution in [1.29, 1.82) is 0 Å². The van der Waals surface area contributed by atoms with Crippen LogP contribution in [0.3, 0.4) is 0 Å². The molecular formula is C13H19N3O3S. The largest absolute Gasteiger partial charge is 0.352 e. The second-order valence-corrected chi connectivity index (χ2v) is 6.71. The fraction of sp³-hybridized carbons (Fsp3) is 0.462. The van der Waals surface area contributed by atoms with Crippen molar-refractivity contribution in [3.63, 3.8) is 0 Å². The summed E-state index contributed by atoms with van der Waals surface area (Å²) in [6, 6.07) is 6.18. The summed E-state index contributed by atoms with van der Waals surface area (Å²) in [7, 11) is -3.67. The van der Waals surface area contributed by atoms with E-state index in [-0.39, 0.29) is 16.7 Å². The minimum Gasteiger partial charge on any atom is -0.352 e. The maximum absolute atomic E-state index is 12.0. The van der Waals surface area contributed by atoms with E-state index in [0.29, 0.717) is 19.0 Å². The van der Waals surface area contributed by atoms with Crippen LogP contribution in [0.1, 0.15) is 12.5 Å². The first-order valence-electron chi connectivity index (χ1n) is 6.48. The lowest BCUT2D eigenvalue weighted by Gasteiger charge is -2.14. The van der Waals surface area contributed by atoms with Crippen LogP contribution in [0.4, 0.5) is 0 Å². The molecule has 110 valence electrons. The van der Waals surface area contributed by atoms with Gasteiger partial charge in [0.15, 0.2) is 0 Å². The molecular weight excluding hydrogens is 278 g/mol. The van der Waals surface area contributed by atoms with Gasteiger partial charge in [-0.2, -0.15) is 0 Å². The summed E-state index contributed by atoms with van der Waals surface area (Å²) in [6.07, 6.45) is 0. The SMILES string of the molecule is CC1CNCC1C(=O)NCc1ccc(S(N)(=O)=O)cc1. The van der Waals surface area contributed by atoms with Crippen LogP contribution in [0.15, 0.2) is 29.2 Å². The van der Waals surface area contributed by atoms with E-state index >= 15 is 0 Å². The quantitative estimate of drug-likeness (QED) is 0.716. The number of nitrogens with two attached hydrogens (primary N) is 1. The Balaban J connectivity index is 1.93. The molecule has 4 N–H and O–H groups in total. The molecule has 1 fully saturated rings. The Morgan fingerprint density at radius 2 is 2.00 bits per heavy atom. The van der Waals surface area contributed by atoms with E-state index in [9.17, 15) is 13.2 Å². The molecule has 0 spiro atoms. The minimum atomic E-state index is -3.67. The van der Waals surface area contributed by atoms with Crippen LogP contribution in [0.2, 0.25) is 0 Å². The number of sulfonamides is 1. The predicted molar refractivity (Wildman–Crippen MR) is 75.2 cm³/mol. The lowest BCUT2D eigenvalue weighted by atomic mass is 9.97. The van der Waals surface area contributed by atoms with Crippen LogP contribution in [-0.4, -0.2) is 27.4 Å². The standard InChI is InChI=1S/C13H19N3O3S/c1-9-6-15-8-12(9)13(17)16-7-10-2-4-11(5-3-10)20(14,18)19/h2-5,9,12,15H,6-8H2,1H3,(H,16,17)(H2,14,18,19). The van der Waals surface area contributed by atoms with Crippen LogP contribution in [0.25, 0.3) is 0 Å². The van der Waals surface area contributed by atoms with Gasteiger partial charge in [0, 0.05) is 13.1 Å². The van der Waals surface area contributed by atoms with E-state index in [4.69, 9.17) is 5.14 Å². The molecule has 1 aliphatic rings. The summed E-state index contributed by atoms with van der Waals surface area (Å²) in [4.78, 5) is 12.1. The highest BCUT2D eigenvalue weighted by molar-refractivity contribution is 7.89. The number of hydrogen-bond donors (Lipinski definition) is 3. The molecule has 1 aliphatic heterocycles. The summed E-state index contributed by atoms with van der Waals surface area (Å²) in [5.41, 5.74) is 0.837. The van der Waals surface area contributed by atoms with Gasteiger partial charge in [0.1, 0.15) is 0 Å². The summed E-state index contributed by atoms with van der Waals surface area (Å²) in [6.45, 7) is 4.00. The van der Waals surface area contributed by atoms with Gasteiger partial charge in [0.25, 0.3) is 0 Å². The highest BCUT2D eigenvalue weighted by Crippen LogP contribution is 2.16. The van der Waals surface area contributed by atoms with Crippen LogP contribution < -0.4 is 15.8 Å². The number of benzene rings is 1. The molecule has 0 saturated carbocycles. The van der Waals surface area contributed by atoms with Gasteiger partial charge >= 0.3 is 0 Å². The highest BCUT2D eigenvalue weighted by Gasteiger charge is 2.29. The Kier molecular flexibility index (Phi) is 4.42. The van der Waals surface area contributed by atoms with Crippen molar-refractivity contribution in [2.45, 2.75) is 18.4 Å². The third-order valence-corrected chi connectivity index (χ3v) is 4.50. The molecule has 2 unspecified atom stereocenters. The molecule has 1 heterocycles. The van der Waals surface area contributed by atoms with E-state index in [0.717, 1.165) is 12.1 Å². The van der Waals surface area contributed by atoms with Crippen LogP contribution in [-0.2, 0) is 21.4 Å². The Hall–Kier alpha value is -1.44. The average Bonchev–Trinajstić information content (AvgIpc) is 2.82. The van der Waals surface area contributed by atoms with E-state index in [1.165, 1.54) is 12.1 Å². The number of rotatable bonds is 4. The molecule has 0 aromatic heterocycles. The average molecular weight is 297 g/mol. The molecule has 7 heteroatoms. The fourth-order valence-corrected chi connectivity index (χ4v) is 2.79. The van der Waals surface area contributed by atoms with Crippen molar-refractivity contribution in [2.75, 3.05) is 13.1 Å². The Bertz CT molecular complexity index is 583.